The van der Waals surface area contributed by atoms with E-state index in [0.717, 1.165) is 37.1 Å². The zero-order valence-electron chi connectivity index (χ0n) is 14.0. The van der Waals surface area contributed by atoms with E-state index in [9.17, 15) is 9.90 Å². The lowest BCUT2D eigenvalue weighted by atomic mass is 9.76. The fourth-order valence-electron chi connectivity index (χ4n) is 3.53. The van der Waals surface area contributed by atoms with Gasteiger partial charge in [-0.15, -0.1) is 0 Å². The van der Waals surface area contributed by atoms with Crippen molar-refractivity contribution >= 4 is 5.91 Å². The Morgan fingerprint density at radius 2 is 2.00 bits per heavy atom. The van der Waals surface area contributed by atoms with Gasteiger partial charge >= 0.3 is 0 Å². The third kappa shape index (κ3) is 3.80. The molecule has 4 nitrogen and oxygen atoms in total. The lowest BCUT2D eigenvalue weighted by Crippen LogP contribution is -2.54. The molecule has 1 aliphatic rings. The molecule has 1 heterocycles. The van der Waals surface area contributed by atoms with E-state index in [-0.39, 0.29) is 17.9 Å². The second kappa shape index (κ2) is 6.69. The maximum absolute atomic E-state index is 12.0. The van der Waals surface area contributed by atoms with Gasteiger partial charge in [-0.25, -0.2) is 0 Å². The summed E-state index contributed by atoms with van der Waals surface area (Å²) in [7, 11) is 1.65. The Labute approximate surface area is 133 Å². The van der Waals surface area contributed by atoms with Gasteiger partial charge in [-0.1, -0.05) is 12.1 Å². The van der Waals surface area contributed by atoms with Crippen LogP contribution in [0.3, 0.4) is 0 Å². The van der Waals surface area contributed by atoms with Crippen LogP contribution < -0.4 is 4.74 Å². The van der Waals surface area contributed by atoms with Crippen LogP contribution in [0.15, 0.2) is 24.3 Å². The lowest BCUT2D eigenvalue weighted by molar-refractivity contribution is -0.138. The molecule has 0 saturated carbocycles. The Balaban J connectivity index is 2.24. The number of carbonyl (C=O) groups excluding carboxylic acids is 1. The summed E-state index contributed by atoms with van der Waals surface area (Å²) in [5.74, 6) is 1.01. The van der Waals surface area contributed by atoms with Crippen LogP contribution in [0.1, 0.15) is 39.2 Å². The van der Waals surface area contributed by atoms with Crippen molar-refractivity contribution in [3.8, 4) is 5.75 Å². The summed E-state index contributed by atoms with van der Waals surface area (Å²) in [6.45, 7) is 6.10. The highest BCUT2D eigenvalue weighted by Gasteiger charge is 2.40. The molecule has 0 spiro atoms. The van der Waals surface area contributed by atoms with Crippen molar-refractivity contribution in [3.63, 3.8) is 0 Å². The minimum Gasteiger partial charge on any atom is -0.497 e. The number of aliphatic hydroxyl groups is 1. The summed E-state index contributed by atoms with van der Waals surface area (Å²) in [5.41, 5.74) is 0.374. The van der Waals surface area contributed by atoms with Crippen LogP contribution in [-0.2, 0) is 11.2 Å². The minimum absolute atomic E-state index is 0.0413. The van der Waals surface area contributed by atoms with Crippen LogP contribution in [0.25, 0.3) is 0 Å². The van der Waals surface area contributed by atoms with E-state index in [1.807, 2.05) is 43.0 Å². The van der Waals surface area contributed by atoms with Gasteiger partial charge in [0.05, 0.1) is 12.7 Å². The van der Waals surface area contributed by atoms with Crippen molar-refractivity contribution in [2.24, 2.45) is 5.92 Å². The van der Waals surface area contributed by atoms with E-state index < -0.39 is 5.60 Å². The summed E-state index contributed by atoms with van der Waals surface area (Å²) >= 11 is 0. The molecule has 1 amide bonds. The summed E-state index contributed by atoms with van der Waals surface area (Å²) in [5, 5.41) is 10.5. The van der Waals surface area contributed by atoms with Crippen molar-refractivity contribution < 1.29 is 14.6 Å². The molecule has 22 heavy (non-hydrogen) atoms. The number of amides is 1. The molecule has 2 atom stereocenters. The van der Waals surface area contributed by atoms with E-state index in [1.54, 1.807) is 14.0 Å². The zero-order valence-corrected chi connectivity index (χ0v) is 14.0. The number of hydrogen-bond donors (Lipinski definition) is 1. The average molecular weight is 305 g/mol. The van der Waals surface area contributed by atoms with Gasteiger partial charge in [-0.3, -0.25) is 4.79 Å². The first-order valence-electron chi connectivity index (χ1n) is 7.95. The Morgan fingerprint density at radius 3 is 2.50 bits per heavy atom. The second-order valence-electron chi connectivity index (χ2n) is 6.73. The van der Waals surface area contributed by atoms with E-state index in [4.69, 9.17) is 4.74 Å². The smallest absolute Gasteiger partial charge is 0.219 e. The predicted octanol–water partition coefficient (Wildman–Crippen LogP) is 2.64. The van der Waals surface area contributed by atoms with E-state index >= 15 is 0 Å². The number of carbonyl (C=O) groups is 1. The highest BCUT2D eigenvalue weighted by molar-refractivity contribution is 5.73. The zero-order chi connectivity index (χ0) is 16.3. The predicted molar refractivity (Wildman–Crippen MR) is 86.9 cm³/mol. The molecule has 0 unspecified atom stereocenters. The number of ether oxygens (including phenoxy) is 1. The Morgan fingerprint density at radius 1 is 1.36 bits per heavy atom. The Hall–Kier alpha value is -1.55. The molecule has 1 saturated heterocycles. The first kappa shape index (κ1) is 16.8. The van der Waals surface area contributed by atoms with E-state index in [0.29, 0.717) is 0 Å². The lowest BCUT2D eigenvalue weighted by Gasteiger charge is -2.46. The third-order valence-corrected chi connectivity index (χ3v) is 4.69. The van der Waals surface area contributed by atoms with Gasteiger partial charge in [0.25, 0.3) is 0 Å². The normalized spacial score (nSPS) is 22.5. The monoisotopic (exact) mass is 305 g/mol. The quantitative estimate of drug-likeness (QED) is 0.930. The van der Waals surface area contributed by atoms with Crippen molar-refractivity contribution in [1.82, 2.24) is 4.90 Å². The Kier molecular flexibility index (Phi) is 5.12. The van der Waals surface area contributed by atoms with Crippen molar-refractivity contribution in [1.29, 1.82) is 0 Å². The molecule has 2 rings (SSSR count). The van der Waals surface area contributed by atoms with Gasteiger partial charge in [-0.05, 0) is 50.8 Å². The molecule has 0 aromatic heterocycles. The maximum atomic E-state index is 12.0. The first-order chi connectivity index (χ1) is 10.3. The van der Waals surface area contributed by atoms with Crippen molar-refractivity contribution in [2.45, 2.75) is 51.7 Å². The molecule has 1 aliphatic heterocycles. The van der Waals surface area contributed by atoms with Crippen LogP contribution in [0.4, 0.5) is 0 Å². The topological polar surface area (TPSA) is 49.8 Å². The average Bonchev–Trinajstić information content (AvgIpc) is 2.47. The number of hydrogen-bond acceptors (Lipinski definition) is 3. The van der Waals surface area contributed by atoms with Crippen LogP contribution >= 0.6 is 0 Å². The highest BCUT2D eigenvalue weighted by atomic mass is 16.5. The largest absolute Gasteiger partial charge is 0.497 e. The number of likely N-dealkylation sites (tertiary alicyclic amines) is 1. The van der Waals surface area contributed by atoms with Crippen LogP contribution in [-0.4, -0.2) is 41.2 Å². The molecule has 1 fully saturated rings. The molecular weight excluding hydrogens is 278 g/mol. The van der Waals surface area contributed by atoms with Crippen LogP contribution in [0, 0.1) is 5.92 Å². The fraction of sp³-hybridized carbons (Fsp3) is 0.611. The van der Waals surface area contributed by atoms with Gasteiger partial charge < -0.3 is 14.7 Å². The number of rotatable bonds is 4. The molecule has 1 aromatic carbocycles. The molecule has 1 N–H and O–H groups in total. The van der Waals surface area contributed by atoms with Crippen molar-refractivity contribution in [2.75, 3.05) is 13.7 Å². The fourth-order valence-corrected chi connectivity index (χ4v) is 3.53. The van der Waals surface area contributed by atoms with Crippen molar-refractivity contribution in [3.05, 3.63) is 29.8 Å². The van der Waals surface area contributed by atoms with Gasteiger partial charge in [-0.2, -0.15) is 0 Å². The number of benzene rings is 1. The van der Waals surface area contributed by atoms with Crippen LogP contribution in [0.5, 0.6) is 5.75 Å². The molecule has 0 radical (unpaired) electrons. The van der Waals surface area contributed by atoms with Gasteiger partial charge in [0.1, 0.15) is 5.75 Å². The third-order valence-electron chi connectivity index (χ3n) is 4.69. The molecule has 1 aromatic rings. The summed E-state index contributed by atoms with van der Waals surface area (Å²) in [4.78, 5) is 13.9. The van der Waals surface area contributed by atoms with E-state index in [1.165, 1.54) is 0 Å². The second-order valence-corrected chi connectivity index (χ2v) is 6.73. The number of nitrogens with zero attached hydrogens (tertiary/aromatic N) is 1. The Bertz CT molecular complexity index is 504. The molecular formula is C18H27NO3. The molecule has 122 valence electrons. The highest BCUT2D eigenvalue weighted by Crippen LogP contribution is 2.34. The molecule has 0 bridgehead atoms. The molecule has 0 aliphatic carbocycles. The maximum Gasteiger partial charge on any atom is 0.219 e. The SMILES string of the molecule is COc1ccc(C[C@@H]2[C@@H](C(C)(C)O)CCCN2C(C)=O)cc1. The summed E-state index contributed by atoms with van der Waals surface area (Å²) in [6.07, 6.45) is 2.67. The summed E-state index contributed by atoms with van der Waals surface area (Å²) < 4.78 is 5.19. The van der Waals surface area contributed by atoms with E-state index in [2.05, 4.69) is 0 Å². The minimum atomic E-state index is -0.786. The number of piperidine rings is 1. The van der Waals surface area contributed by atoms with Gasteiger partial charge in [0.15, 0.2) is 0 Å². The number of methoxy groups -OCH3 is 1. The summed E-state index contributed by atoms with van der Waals surface area (Å²) in [6, 6.07) is 7.99. The standard InChI is InChI=1S/C18H27NO3/c1-13(20)19-11-5-6-16(18(2,3)21)17(19)12-14-7-9-15(22-4)10-8-14/h7-10,16-17,21H,5-6,11-12H2,1-4H3/t16-,17+/m0/s1. The van der Waals surface area contributed by atoms with Crippen LogP contribution in [0.2, 0.25) is 0 Å². The molecule has 4 heteroatoms. The van der Waals surface area contributed by atoms with Gasteiger partial charge in [0, 0.05) is 25.4 Å². The first-order valence-corrected chi connectivity index (χ1v) is 7.95. The van der Waals surface area contributed by atoms with Gasteiger partial charge in [0.2, 0.25) is 5.91 Å².